The first kappa shape index (κ1) is 20.0. The van der Waals surface area contributed by atoms with Gasteiger partial charge in [0.15, 0.2) is 9.84 Å². The van der Waals surface area contributed by atoms with E-state index in [1.165, 1.54) is 0 Å². The van der Waals surface area contributed by atoms with Gasteiger partial charge in [-0.25, -0.2) is 8.42 Å². The number of rotatable bonds is 10. The molecule has 0 unspecified atom stereocenters. The van der Waals surface area contributed by atoms with E-state index in [-0.39, 0.29) is 5.25 Å². The van der Waals surface area contributed by atoms with Crippen LogP contribution in [0.25, 0.3) is 0 Å². The highest BCUT2D eigenvalue weighted by atomic mass is 32.2. The van der Waals surface area contributed by atoms with Gasteiger partial charge in [-0.1, -0.05) is 58.1 Å². The zero-order chi connectivity index (χ0) is 18.4. The largest absolute Gasteiger partial charge is 0.481 e. The van der Waals surface area contributed by atoms with E-state index in [9.17, 15) is 18.3 Å². The topological polar surface area (TPSA) is 71.4 Å². The maximum atomic E-state index is 12.5. The lowest BCUT2D eigenvalue weighted by molar-refractivity contribution is -0.139. The van der Waals surface area contributed by atoms with E-state index in [0.29, 0.717) is 22.8 Å². The highest BCUT2D eigenvalue weighted by Gasteiger charge is 2.33. The molecule has 140 valence electrons. The molecule has 1 aliphatic carbocycles. The molecule has 1 N–H and O–H groups in total. The molecule has 0 heterocycles. The molecule has 0 amide bonds. The van der Waals surface area contributed by atoms with E-state index < -0.39 is 21.7 Å². The number of benzene rings is 1. The molecule has 0 spiro atoms. The number of carboxylic acids is 1. The van der Waals surface area contributed by atoms with Gasteiger partial charge in [-0.2, -0.15) is 0 Å². The maximum absolute atomic E-state index is 12.5. The van der Waals surface area contributed by atoms with Crippen molar-refractivity contribution in [2.45, 2.75) is 81.3 Å². The Bertz CT molecular complexity index is 653. The Morgan fingerprint density at radius 3 is 2.08 bits per heavy atom. The van der Waals surface area contributed by atoms with Crippen LogP contribution in [0.4, 0.5) is 0 Å². The number of aliphatic carboxylic acids is 1. The monoisotopic (exact) mass is 366 g/mol. The predicted octanol–water partition coefficient (Wildman–Crippen LogP) is 4.79. The highest BCUT2D eigenvalue weighted by molar-refractivity contribution is 7.92. The van der Waals surface area contributed by atoms with Gasteiger partial charge in [0.1, 0.15) is 0 Å². The zero-order valence-electron chi connectivity index (χ0n) is 15.3. The zero-order valence-corrected chi connectivity index (χ0v) is 16.1. The minimum atomic E-state index is -3.25. The first-order valence-electron chi connectivity index (χ1n) is 9.46. The fraction of sp³-hybridized carbons (Fsp3) is 0.650. The second kappa shape index (κ2) is 8.84. The number of hydrogen-bond donors (Lipinski definition) is 1. The molecule has 0 radical (unpaired) electrons. The summed E-state index contributed by atoms with van der Waals surface area (Å²) in [6.45, 7) is 4.25. The van der Waals surface area contributed by atoms with Gasteiger partial charge in [-0.05, 0) is 42.9 Å². The van der Waals surface area contributed by atoms with Crippen molar-refractivity contribution in [3.63, 3.8) is 0 Å². The van der Waals surface area contributed by atoms with Gasteiger partial charge in [0.2, 0.25) is 0 Å². The van der Waals surface area contributed by atoms with Crippen LogP contribution in [-0.4, -0.2) is 24.7 Å². The summed E-state index contributed by atoms with van der Waals surface area (Å²) in [4.78, 5) is 12.1. The third-order valence-electron chi connectivity index (χ3n) is 5.36. The molecule has 1 fully saturated rings. The summed E-state index contributed by atoms with van der Waals surface area (Å²) >= 11 is 0. The Morgan fingerprint density at radius 1 is 1.12 bits per heavy atom. The lowest BCUT2D eigenvalue weighted by Gasteiger charge is -2.25. The SMILES string of the molecule is CCCC(CCC)C[C@@H](C(=O)O)c1ccc(S(=O)(=O)C2CCC2)cc1. The summed E-state index contributed by atoms with van der Waals surface area (Å²) in [6.07, 6.45) is 7.23. The molecule has 1 atom stereocenters. The van der Waals surface area contributed by atoms with Crippen molar-refractivity contribution in [1.82, 2.24) is 0 Å². The molecule has 1 saturated carbocycles. The van der Waals surface area contributed by atoms with Crippen LogP contribution in [0.5, 0.6) is 0 Å². The van der Waals surface area contributed by atoms with Crippen LogP contribution in [0.15, 0.2) is 29.2 Å². The lowest BCUT2D eigenvalue weighted by atomic mass is 9.84. The summed E-state index contributed by atoms with van der Waals surface area (Å²) in [5, 5.41) is 9.40. The average molecular weight is 367 g/mol. The smallest absolute Gasteiger partial charge is 0.310 e. The molecule has 0 aliphatic heterocycles. The molecule has 1 aromatic carbocycles. The van der Waals surface area contributed by atoms with Crippen LogP contribution in [0, 0.1) is 5.92 Å². The third kappa shape index (κ3) is 4.84. The summed E-state index contributed by atoms with van der Waals surface area (Å²) in [5.41, 5.74) is 0.706. The number of hydrogen-bond acceptors (Lipinski definition) is 3. The molecular formula is C20H30O4S. The van der Waals surface area contributed by atoms with E-state index in [1.54, 1.807) is 24.3 Å². The molecule has 5 heteroatoms. The first-order valence-corrected chi connectivity index (χ1v) is 11.0. The van der Waals surface area contributed by atoms with Crippen LogP contribution in [0.3, 0.4) is 0 Å². The summed E-state index contributed by atoms with van der Waals surface area (Å²) in [7, 11) is -3.25. The van der Waals surface area contributed by atoms with Crippen molar-refractivity contribution in [1.29, 1.82) is 0 Å². The highest BCUT2D eigenvalue weighted by Crippen LogP contribution is 2.33. The number of carbonyl (C=O) groups is 1. The fourth-order valence-electron chi connectivity index (χ4n) is 3.67. The van der Waals surface area contributed by atoms with Crippen molar-refractivity contribution in [3.8, 4) is 0 Å². The van der Waals surface area contributed by atoms with Crippen LogP contribution >= 0.6 is 0 Å². The minimum absolute atomic E-state index is 0.257. The second-order valence-electron chi connectivity index (χ2n) is 7.24. The molecule has 1 aromatic rings. The molecule has 1 aliphatic rings. The van der Waals surface area contributed by atoms with Gasteiger partial charge in [0, 0.05) is 0 Å². The fourth-order valence-corrected chi connectivity index (χ4v) is 5.53. The third-order valence-corrected chi connectivity index (χ3v) is 7.64. The first-order chi connectivity index (χ1) is 11.9. The van der Waals surface area contributed by atoms with E-state index in [4.69, 9.17) is 0 Å². The lowest BCUT2D eigenvalue weighted by Crippen LogP contribution is -2.28. The van der Waals surface area contributed by atoms with Gasteiger partial charge in [-0.3, -0.25) is 4.79 Å². The van der Waals surface area contributed by atoms with E-state index in [1.807, 2.05) is 0 Å². The summed E-state index contributed by atoms with van der Waals surface area (Å²) in [6, 6.07) is 6.57. The van der Waals surface area contributed by atoms with Crippen LogP contribution in [0.2, 0.25) is 0 Å². The Labute approximate surface area is 151 Å². The molecule has 0 bridgehead atoms. The number of carboxylic acid groups (broad SMARTS) is 1. The van der Waals surface area contributed by atoms with E-state index in [2.05, 4.69) is 13.8 Å². The molecule has 0 aromatic heterocycles. The van der Waals surface area contributed by atoms with Gasteiger partial charge in [0.25, 0.3) is 0 Å². The van der Waals surface area contributed by atoms with Gasteiger partial charge in [-0.15, -0.1) is 0 Å². The van der Waals surface area contributed by atoms with E-state index in [0.717, 1.165) is 44.9 Å². The Morgan fingerprint density at radius 2 is 1.68 bits per heavy atom. The maximum Gasteiger partial charge on any atom is 0.310 e. The van der Waals surface area contributed by atoms with Crippen molar-refractivity contribution >= 4 is 15.8 Å². The molecule has 25 heavy (non-hydrogen) atoms. The average Bonchev–Trinajstić information content (AvgIpc) is 2.50. The summed E-state index contributed by atoms with van der Waals surface area (Å²) in [5.74, 6) is -0.996. The molecule has 4 nitrogen and oxygen atoms in total. The van der Waals surface area contributed by atoms with E-state index >= 15 is 0 Å². The minimum Gasteiger partial charge on any atom is -0.481 e. The predicted molar refractivity (Wildman–Crippen MR) is 99.6 cm³/mol. The van der Waals surface area contributed by atoms with Crippen molar-refractivity contribution in [2.24, 2.45) is 5.92 Å². The van der Waals surface area contributed by atoms with Crippen molar-refractivity contribution in [2.75, 3.05) is 0 Å². The molecule has 2 rings (SSSR count). The number of sulfone groups is 1. The molecular weight excluding hydrogens is 336 g/mol. The second-order valence-corrected chi connectivity index (χ2v) is 9.46. The Kier molecular flexibility index (Phi) is 7.05. The van der Waals surface area contributed by atoms with Crippen LogP contribution in [-0.2, 0) is 14.6 Å². The van der Waals surface area contributed by atoms with Crippen LogP contribution < -0.4 is 0 Å². The van der Waals surface area contributed by atoms with Crippen molar-refractivity contribution < 1.29 is 18.3 Å². The van der Waals surface area contributed by atoms with Gasteiger partial charge in [0.05, 0.1) is 16.1 Å². The van der Waals surface area contributed by atoms with Crippen molar-refractivity contribution in [3.05, 3.63) is 29.8 Å². The normalized spacial score (nSPS) is 16.6. The Balaban J connectivity index is 2.17. The van der Waals surface area contributed by atoms with Gasteiger partial charge < -0.3 is 5.11 Å². The standard InChI is InChI=1S/C20H30O4S/c1-3-6-15(7-4-2)14-19(20(21)22)16-10-12-18(13-11-16)25(23,24)17-8-5-9-17/h10-13,15,17,19H,3-9,14H2,1-2H3,(H,21,22)/t19-/m1/s1. The Hall–Kier alpha value is -1.36. The van der Waals surface area contributed by atoms with Crippen LogP contribution in [0.1, 0.15) is 76.7 Å². The molecule has 0 saturated heterocycles. The summed E-state index contributed by atoms with van der Waals surface area (Å²) < 4.78 is 24.9. The van der Waals surface area contributed by atoms with Gasteiger partial charge >= 0.3 is 5.97 Å². The quantitative estimate of drug-likeness (QED) is 0.646.